The molecule has 0 aliphatic rings. The molecule has 3 rings (SSSR count). The Morgan fingerprint density at radius 2 is 1.65 bits per heavy atom. The molecule has 1 heterocycles. The van der Waals surface area contributed by atoms with Crippen LogP contribution in [0.1, 0.15) is 27.7 Å². The van der Waals surface area contributed by atoms with Crippen molar-refractivity contribution in [2.75, 3.05) is 6.61 Å². The lowest BCUT2D eigenvalue weighted by molar-refractivity contribution is 0.0908. The van der Waals surface area contributed by atoms with Gasteiger partial charge in [-0.2, -0.15) is 5.10 Å². The van der Waals surface area contributed by atoms with Crippen LogP contribution < -0.4 is 10.9 Å². The highest BCUT2D eigenvalue weighted by molar-refractivity contribution is 5.92. The number of benzene rings is 2. The smallest absolute Gasteiger partial charge is 0.272 e. The summed E-state index contributed by atoms with van der Waals surface area (Å²) >= 11 is 0. The lowest BCUT2D eigenvalue weighted by atomic mass is 10.1. The summed E-state index contributed by atoms with van der Waals surface area (Å²) in [5, 5.41) is 16.5. The first-order chi connectivity index (χ1) is 12.7. The van der Waals surface area contributed by atoms with E-state index in [1.807, 2.05) is 60.7 Å². The van der Waals surface area contributed by atoms with Gasteiger partial charge in [0.2, 0.25) is 0 Å². The van der Waals surface area contributed by atoms with Crippen molar-refractivity contribution in [2.45, 2.75) is 12.6 Å². The number of aromatic nitrogens is 2. The fourth-order valence-corrected chi connectivity index (χ4v) is 2.59. The maximum Gasteiger partial charge on any atom is 0.272 e. The Labute approximate surface area is 150 Å². The maximum atomic E-state index is 12.5. The molecular weight excluding hydrogens is 330 g/mol. The fourth-order valence-electron chi connectivity index (χ4n) is 2.59. The number of rotatable bonds is 6. The third kappa shape index (κ3) is 4.23. The Kier molecular flexibility index (Phi) is 5.56. The number of nitrogens with one attached hydrogen (secondary N) is 1. The topological polar surface area (TPSA) is 84.2 Å². The molecule has 0 aliphatic heterocycles. The number of carbonyl (C=O) groups excluding carboxylic acids is 1. The van der Waals surface area contributed by atoms with Crippen LogP contribution in [0, 0.1) is 0 Å². The van der Waals surface area contributed by atoms with Gasteiger partial charge in [0.05, 0.1) is 19.2 Å². The summed E-state index contributed by atoms with van der Waals surface area (Å²) < 4.78 is 1.25. The summed E-state index contributed by atoms with van der Waals surface area (Å²) in [7, 11) is 0. The Bertz CT molecular complexity index is 924. The van der Waals surface area contributed by atoms with E-state index in [9.17, 15) is 14.7 Å². The lowest BCUT2D eigenvalue weighted by Crippen LogP contribution is -2.33. The van der Waals surface area contributed by atoms with Crippen LogP contribution in [0.5, 0.6) is 0 Å². The zero-order chi connectivity index (χ0) is 18.4. The molecule has 2 N–H and O–H groups in total. The fraction of sp³-hybridized carbons (Fsp3) is 0.150. The molecule has 26 heavy (non-hydrogen) atoms. The number of amides is 1. The number of nitrogens with zero attached hydrogens (tertiary/aromatic N) is 2. The Hall–Kier alpha value is -3.25. The van der Waals surface area contributed by atoms with Gasteiger partial charge in [-0.3, -0.25) is 9.59 Å². The van der Waals surface area contributed by atoms with Gasteiger partial charge in [-0.05, 0) is 17.2 Å². The standard InChI is InChI=1S/C20H19N3O3/c24-14-18(16-9-5-2-6-10-16)21-20(26)17-11-12-19(25)23(22-17)13-15-7-3-1-4-8-15/h1-12,18,24H,13-14H2,(H,21,26). The van der Waals surface area contributed by atoms with Gasteiger partial charge in [0, 0.05) is 6.07 Å². The monoisotopic (exact) mass is 349 g/mol. The summed E-state index contributed by atoms with van der Waals surface area (Å²) in [4.78, 5) is 24.5. The second kappa shape index (κ2) is 8.22. The van der Waals surface area contributed by atoms with Crippen LogP contribution in [0.4, 0.5) is 0 Å². The summed E-state index contributed by atoms with van der Waals surface area (Å²) in [5.41, 5.74) is 1.54. The van der Waals surface area contributed by atoms with Crippen LogP contribution >= 0.6 is 0 Å². The zero-order valence-electron chi connectivity index (χ0n) is 14.1. The first-order valence-electron chi connectivity index (χ1n) is 8.26. The molecule has 132 valence electrons. The highest BCUT2D eigenvalue weighted by Crippen LogP contribution is 2.12. The lowest BCUT2D eigenvalue weighted by Gasteiger charge is -2.16. The largest absolute Gasteiger partial charge is 0.394 e. The molecule has 1 unspecified atom stereocenters. The third-order valence-corrected chi connectivity index (χ3v) is 3.96. The number of aliphatic hydroxyl groups is 1. The average Bonchev–Trinajstić information content (AvgIpc) is 2.69. The van der Waals surface area contributed by atoms with Crippen LogP contribution in [0.2, 0.25) is 0 Å². The molecule has 0 bridgehead atoms. The minimum atomic E-state index is -0.542. The normalized spacial score (nSPS) is 11.7. The van der Waals surface area contributed by atoms with E-state index in [1.54, 1.807) is 0 Å². The molecule has 2 aromatic carbocycles. The molecule has 0 radical (unpaired) electrons. The summed E-state index contributed by atoms with van der Waals surface area (Å²) in [6.07, 6.45) is 0. The molecule has 1 aromatic heterocycles. The van der Waals surface area contributed by atoms with E-state index in [2.05, 4.69) is 10.4 Å². The molecule has 0 saturated heterocycles. The van der Waals surface area contributed by atoms with Gasteiger partial charge in [0.1, 0.15) is 5.69 Å². The van der Waals surface area contributed by atoms with Crippen LogP contribution in [0.25, 0.3) is 0 Å². The molecule has 3 aromatic rings. The summed E-state index contributed by atoms with van der Waals surface area (Å²) in [6.45, 7) is 0.0440. The van der Waals surface area contributed by atoms with E-state index in [1.165, 1.54) is 16.8 Å². The molecule has 6 heteroatoms. The van der Waals surface area contributed by atoms with Crippen molar-refractivity contribution >= 4 is 5.91 Å². The highest BCUT2D eigenvalue weighted by atomic mass is 16.3. The van der Waals surface area contributed by atoms with E-state index in [-0.39, 0.29) is 24.4 Å². The average molecular weight is 349 g/mol. The van der Waals surface area contributed by atoms with Crippen molar-refractivity contribution in [2.24, 2.45) is 0 Å². The van der Waals surface area contributed by atoms with Gasteiger partial charge in [-0.15, -0.1) is 0 Å². The highest BCUT2D eigenvalue weighted by Gasteiger charge is 2.16. The molecule has 0 spiro atoms. The van der Waals surface area contributed by atoms with Crippen LogP contribution in [-0.2, 0) is 6.54 Å². The molecule has 0 fully saturated rings. The maximum absolute atomic E-state index is 12.5. The van der Waals surface area contributed by atoms with Crippen LogP contribution in [0.3, 0.4) is 0 Å². The predicted molar refractivity (Wildman–Crippen MR) is 97.8 cm³/mol. The third-order valence-electron chi connectivity index (χ3n) is 3.96. The Balaban J connectivity index is 1.79. The van der Waals surface area contributed by atoms with Gasteiger partial charge in [0.25, 0.3) is 11.5 Å². The first kappa shape index (κ1) is 17.6. The van der Waals surface area contributed by atoms with Gasteiger partial charge in [-0.1, -0.05) is 60.7 Å². The Morgan fingerprint density at radius 3 is 2.31 bits per heavy atom. The molecule has 0 aliphatic carbocycles. The van der Waals surface area contributed by atoms with Crippen LogP contribution in [-0.4, -0.2) is 27.4 Å². The van der Waals surface area contributed by atoms with Crippen molar-refractivity contribution in [3.63, 3.8) is 0 Å². The quantitative estimate of drug-likeness (QED) is 0.710. The summed E-state index contributed by atoms with van der Waals surface area (Å²) in [5.74, 6) is -0.449. The van der Waals surface area contributed by atoms with E-state index in [0.29, 0.717) is 0 Å². The van der Waals surface area contributed by atoms with Crippen molar-refractivity contribution in [1.29, 1.82) is 0 Å². The number of carbonyl (C=O) groups is 1. The van der Waals surface area contributed by atoms with Crippen molar-refractivity contribution in [3.05, 3.63) is 100.0 Å². The minimum absolute atomic E-state index is 0.120. The van der Waals surface area contributed by atoms with E-state index in [0.717, 1.165) is 11.1 Å². The second-order valence-electron chi connectivity index (χ2n) is 5.82. The second-order valence-corrected chi connectivity index (χ2v) is 5.82. The number of aliphatic hydroxyl groups excluding tert-OH is 1. The summed E-state index contributed by atoms with van der Waals surface area (Å²) in [6, 6.07) is 20.8. The van der Waals surface area contributed by atoms with E-state index < -0.39 is 11.9 Å². The minimum Gasteiger partial charge on any atom is -0.394 e. The van der Waals surface area contributed by atoms with Gasteiger partial charge >= 0.3 is 0 Å². The van der Waals surface area contributed by atoms with Crippen molar-refractivity contribution < 1.29 is 9.90 Å². The molecule has 6 nitrogen and oxygen atoms in total. The van der Waals surface area contributed by atoms with Gasteiger partial charge in [0.15, 0.2) is 0 Å². The van der Waals surface area contributed by atoms with Gasteiger partial charge in [-0.25, -0.2) is 4.68 Å². The predicted octanol–water partition coefficient (Wildman–Crippen LogP) is 1.76. The molecule has 1 amide bonds. The van der Waals surface area contributed by atoms with Crippen molar-refractivity contribution in [3.8, 4) is 0 Å². The molecule has 1 atom stereocenters. The number of hydrogen-bond donors (Lipinski definition) is 2. The zero-order valence-corrected chi connectivity index (χ0v) is 14.1. The molecule has 0 saturated carbocycles. The van der Waals surface area contributed by atoms with E-state index >= 15 is 0 Å². The van der Waals surface area contributed by atoms with Crippen molar-refractivity contribution in [1.82, 2.24) is 15.1 Å². The Morgan fingerprint density at radius 1 is 1.00 bits per heavy atom. The molecular formula is C20H19N3O3. The van der Waals surface area contributed by atoms with Gasteiger partial charge < -0.3 is 10.4 Å². The number of hydrogen-bond acceptors (Lipinski definition) is 4. The SMILES string of the molecule is O=C(NC(CO)c1ccccc1)c1ccc(=O)n(Cc2ccccc2)n1. The van der Waals surface area contributed by atoms with Crippen LogP contribution in [0.15, 0.2) is 77.6 Å². The van der Waals surface area contributed by atoms with E-state index in [4.69, 9.17) is 0 Å². The first-order valence-corrected chi connectivity index (χ1v) is 8.26.